The van der Waals surface area contributed by atoms with E-state index in [0.29, 0.717) is 6.54 Å². The van der Waals surface area contributed by atoms with Crippen LogP contribution in [-0.4, -0.2) is 47.0 Å². The van der Waals surface area contributed by atoms with Crippen molar-refractivity contribution >= 4 is 6.03 Å². The molecule has 6 heteroatoms. The molecule has 2 amide bonds. The number of urea groups is 1. The van der Waals surface area contributed by atoms with Crippen molar-refractivity contribution in [1.82, 2.24) is 20.0 Å². The Hall–Kier alpha value is -2.34. The van der Waals surface area contributed by atoms with Gasteiger partial charge >= 0.3 is 6.03 Å². The molecule has 1 saturated heterocycles. The maximum atomic E-state index is 12.4. The number of aryl methyl sites for hydroxylation is 1. The molecule has 1 aromatic heterocycles. The summed E-state index contributed by atoms with van der Waals surface area (Å²) in [6.45, 7) is 1.91. The van der Waals surface area contributed by atoms with Crippen LogP contribution in [-0.2, 0) is 18.3 Å². The zero-order valence-corrected chi connectivity index (χ0v) is 14.2. The summed E-state index contributed by atoms with van der Waals surface area (Å²) in [5.41, 5.74) is 2.98. The molecule has 6 nitrogen and oxygen atoms in total. The first-order valence-corrected chi connectivity index (χ1v) is 8.31. The number of carbonyl (C=O) groups excluding carboxylic acids is 1. The van der Waals surface area contributed by atoms with Crippen LogP contribution in [0.5, 0.6) is 0 Å². The molecular weight excluding hydrogens is 304 g/mol. The van der Waals surface area contributed by atoms with Crippen molar-refractivity contribution in [1.29, 1.82) is 0 Å². The molecule has 0 bridgehead atoms. The van der Waals surface area contributed by atoms with Gasteiger partial charge in [-0.25, -0.2) is 4.79 Å². The number of hydrogen-bond donors (Lipinski definition) is 1. The Labute approximate surface area is 142 Å². The lowest BCUT2D eigenvalue weighted by molar-refractivity contribution is 0.0525. The lowest BCUT2D eigenvalue weighted by Crippen LogP contribution is -2.45. The molecule has 1 aliphatic heterocycles. The van der Waals surface area contributed by atoms with Gasteiger partial charge in [-0.15, -0.1) is 0 Å². The van der Waals surface area contributed by atoms with E-state index in [9.17, 15) is 4.79 Å². The third-order valence-electron chi connectivity index (χ3n) is 4.44. The molecule has 1 aliphatic rings. The van der Waals surface area contributed by atoms with Crippen LogP contribution in [0, 0.1) is 0 Å². The Morgan fingerprint density at radius 1 is 1.33 bits per heavy atom. The number of aromatic nitrogens is 2. The Kier molecular flexibility index (Phi) is 5.15. The molecule has 1 fully saturated rings. The van der Waals surface area contributed by atoms with Crippen LogP contribution >= 0.6 is 0 Å². The number of benzene rings is 1. The van der Waals surface area contributed by atoms with Gasteiger partial charge < -0.3 is 15.0 Å². The molecule has 1 N–H and O–H groups in total. The molecule has 1 aromatic carbocycles. The van der Waals surface area contributed by atoms with Crippen molar-refractivity contribution in [2.75, 3.05) is 20.3 Å². The summed E-state index contributed by atoms with van der Waals surface area (Å²) in [5, 5.41) is 7.54. The Morgan fingerprint density at radius 2 is 2.04 bits per heavy atom. The van der Waals surface area contributed by atoms with Gasteiger partial charge in [0.2, 0.25) is 0 Å². The van der Waals surface area contributed by atoms with Crippen LogP contribution in [0.25, 0.3) is 11.3 Å². The molecular formula is C18H24N4O2. The van der Waals surface area contributed by atoms with Crippen LogP contribution in [0.3, 0.4) is 0 Å². The van der Waals surface area contributed by atoms with E-state index in [2.05, 4.69) is 10.4 Å². The Bertz CT molecular complexity index is 678. The van der Waals surface area contributed by atoms with E-state index in [0.717, 1.165) is 42.9 Å². The van der Waals surface area contributed by atoms with Crippen LogP contribution in [0.4, 0.5) is 4.79 Å². The summed E-state index contributed by atoms with van der Waals surface area (Å²) in [6.07, 6.45) is 3.75. The predicted octanol–water partition coefficient (Wildman–Crippen LogP) is 2.41. The minimum absolute atomic E-state index is 0.0511. The average molecular weight is 328 g/mol. The second-order valence-electron chi connectivity index (χ2n) is 6.16. The van der Waals surface area contributed by atoms with Gasteiger partial charge in [0.25, 0.3) is 0 Å². The van der Waals surface area contributed by atoms with Crippen molar-refractivity contribution in [2.45, 2.75) is 25.4 Å². The second-order valence-corrected chi connectivity index (χ2v) is 6.16. The molecule has 2 heterocycles. The number of amides is 2. The highest BCUT2D eigenvalue weighted by molar-refractivity contribution is 5.74. The van der Waals surface area contributed by atoms with E-state index in [1.807, 2.05) is 50.6 Å². The molecule has 3 rings (SSSR count). The average Bonchev–Trinajstić information content (AvgIpc) is 3.01. The van der Waals surface area contributed by atoms with Gasteiger partial charge in [0.15, 0.2) is 0 Å². The SMILES string of the molecule is CN(C(=O)NCc1cn(C)nc1-c1ccccc1)C1CCOCC1. The number of nitrogens with zero attached hydrogens (tertiary/aromatic N) is 3. The highest BCUT2D eigenvalue weighted by Crippen LogP contribution is 2.21. The normalized spacial score (nSPS) is 15.2. The summed E-state index contributed by atoms with van der Waals surface area (Å²) in [4.78, 5) is 14.2. The van der Waals surface area contributed by atoms with E-state index in [-0.39, 0.29) is 12.1 Å². The van der Waals surface area contributed by atoms with Gasteiger partial charge in [0, 0.05) is 57.2 Å². The highest BCUT2D eigenvalue weighted by Gasteiger charge is 2.22. The standard InChI is InChI=1S/C18H24N4O2/c1-21-13-15(17(20-21)14-6-4-3-5-7-14)12-19-18(23)22(2)16-8-10-24-11-9-16/h3-7,13,16H,8-12H2,1-2H3,(H,19,23). The Balaban J connectivity index is 1.65. The second kappa shape index (κ2) is 7.49. The maximum absolute atomic E-state index is 12.4. The topological polar surface area (TPSA) is 59.4 Å². The lowest BCUT2D eigenvalue weighted by atomic mass is 10.1. The minimum atomic E-state index is -0.0511. The molecule has 128 valence electrons. The van der Waals surface area contributed by atoms with Crippen molar-refractivity contribution in [3.63, 3.8) is 0 Å². The van der Waals surface area contributed by atoms with E-state index < -0.39 is 0 Å². The van der Waals surface area contributed by atoms with Gasteiger partial charge in [0.1, 0.15) is 0 Å². The molecule has 0 radical (unpaired) electrons. The summed E-state index contributed by atoms with van der Waals surface area (Å²) in [7, 11) is 3.75. The smallest absolute Gasteiger partial charge is 0.317 e. The zero-order chi connectivity index (χ0) is 16.9. The first-order chi connectivity index (χ1) is 11.6. The van der Waals surface area contributed by atoms with Crippen LogP contribution < -0.4 is 5.32 Å². The van der Waals surface area contributed by atoms with E-state index in [4.69, 9.17) is 4.74 Å². The summed E-state index contributed by atoms with van der Waals surface area (Å²) < 4.78 is 7.14. The van der Waals surface area contributed by atoms with Gasteiger partial charge in [-0.05, 0) is 12.8 Å². The molecule has 0 saturated carbocycles. The molecule has 0 atom stereocenters. The number of rotatable bonds is 4. The lowest BCUT2D eigenvalue weighted by Gasteiger charge is -2.31. The van der Waals surface area contributed by atoms with Crippen molar-refractivity contribution in [2.24, 2.45) is 7.05 Å². The Morgan fingerprint density at radius 3 is 2.75 bits per heavy atom. The van der Waals surface area contributed by atoms with Crippen molar-refractivity contribution in [3.05, 3.63) is 42.1 Å². The molecule has 24 heavy (non-hydrogen) atoms. The summed E-state index contributed by atoms with van der Waals surface area (Å²) >= 11 is 0. The largest absolute Gasteiger partial charge is 0.381 e. The van der Waals surface area contributed by atoms with E-state index in [1.165, 1.54) is 0 Å². The number of ether oxygens (including phenoxy) is 1. The van der Waals surface area contributed by atoms with Crippen LogP contribution in [0.15, 0.2) is 36.5 Å². The van der Waals surface area contributed by atoms with Gasteiger partial charge in [-0.2, -0.15) is 5.10 Å². The van der Waals surface area contributed by atoms with Crippen molar-refractivity contribution < 1.29 is 9.53 Å². The third kappa shape index (κ3) is 3.76. The van der Waals surface area contributed by atoms with Crippen molar-refractivity contribution in [3.8, 4) is 11.3 Å². The fourth-order valence-corrected chi connectivity index (χ4v) is 3.04. The molecule has 0 unspecified atom stereocenters. The minimum Gasteiger partial charge on any atom is -0.381 e. The highest BCUT2D eigenvalue weighted by atomic mass is 16.5. The van der Waals surface area contributed by atoms with Gasteiger partial charge in [-0.1, -0.05) is 30.3 Å². The van der Waals surface area contributed by atoms with Crippen LogP contribution in [0.2, 0.25) is 0 Å². The number of nitrogens with one attached hydrogen (secondary N) is 1. The maximum Gasteiger partial charge on any atom is 0.317 e. The number of carbonyl (C=O) groups is 1. The first-order valence-electron chi connectivity index (χ1n) is 8.31. The number of hydrogen-bond acceptors (Lipinski definition) is 3. The summed E-state index contributed by atoms with van der Waals surface area (Å²) in [5.74, 6) is 0. The monoisotopic (exact) mass is 328 g/mol. The predicted molar refractivity (Wildman–Crippen MR) is 92.5 cm³/mol. The zero-order valence-electron chi connectivity index (χ0n) is 14.2. The van der Waals surface area contributed by atoms with E-state index in [1.54, 1.807) is 9.58 Å². The molecule has 0 spiro atoms. The van der Waals surface area contributed by atoms with Gasteiger partial charge in [0.05, 0.1) is 5.69 Å². The van der Waals surface area contributed by atoms with Crippen LogP contribution in [0.1, 0.15) is 18.4 Å². The first kappa shape index (κ1) is 16.5. The quantitative estimate of drug-likeness (QED) is 0.937. The molecule has 0 aliphatic carbocycles. The molecule has 2 aromatic rings. The van der Waals surface area contributed by atoms with E-state index >= 15 is 0 Å². The third-order valence-corrected chi connectivity index (χ3v) is 4.44. The fraction of sp³-hybridized carbons (Fsp3) is 0.444. The van der Waals surface area contributed by atoms with Gasteiger partial charge in [-0.3, -0.25) is 4.68 Å². The fourth-order valence-electron chi connectivity index (χ4n) is 3.04. The summed E-state index contributed by atoms with van der Waals surface area (Å²) in [6, 6.07) is 10.2.